The minimum atomic E-state index is -0.847. The summed E-state index contributed by atoms with van der Waals surface area (Å²) < 4.78 is 0. The van der Waals surface area contributed by atoms with Crippen LogP contribution in [0, 0.1) is 0 Å². The molecule has 0 saturated heterocycles. The third kappa shape index (κ3) is 26.4. The lowest BCUT2D eigenvalue weighted by Gasteiger charge is -2.14. The van der Waals surface area contributed by atoms with E-state index in [2.05, 4.69) is 35.7 Å². The van der Waals surface area contributed by atoms with Crippen molar-refractivity contribution < 1.29 is 19.8 Å². The second-order valence-corrected chi connectivity index (χ2v) is 17.0. The van der Waals surface area contributed by atoms with Gasteiger partial charge in [0.05, 0.1) is 0 Å². The molecule has 284 valence electrons. The highest BCUT2D eigenvalue weighted by atomic mass is 32.2. The van der Waals surface area contributed by atoms with Gasteiger partial charge in [0.2, 0.25) is 0 Å². The van der Waals surface area contributed by atoms with Crippen molar-refractivity contribution in [2.24, 2.45) is 0 Å². The van der Waals surface area contributed by atoms with Gasteiger partial charge in [-0.15, -0.1) is 0 Å². The van der Waals surface area contributed by atoms with Crippen molar-refractivity contribution in [3.05, 3.63) is 0 Å². The van der Waals surface area contributed by atoms with Crippen molar-refractivity contribution in [2.75, 3.05) is 5.75 Å². The molecule has 0 aliphatic rings. The maximum absolute atomic E-state index is 12.2. The summed E-state index contributed by atoms with van der Waals surface area (Å²) in [4.78, 5) is 38.4. The third-order valence-electron chi connectivity index (χ3n) is 8.99. The van der Waals surface area contributed by atoms with Crippen molar-refractivity contribution in [3.63, 3.8) is 0 Å². The Labute approximate surface area is 313 Å². The summed E-state index contributed by atoms with van der Waals surface area (Å²) in [5.74, 6) is -0.809. The standard InChI is InChI=1S/C39H71N3O4S3/c1-4-7-10-13-16-19-20-23-26-29-32-47-37-40-38(48-33(35(43)44)30-27-24-21-17-14-11-8-5-2)42-39(41-37)49-34(36(45)46)31-28-25-22-18-15-12-9-6-3/h33-34H,4-32H2,1-3H3,(H,43,44)(H,45,46). The molecule has 10 heteroatoms. The Morgan fingerprint density at radius 1 is 0.449 bits per heavy atom. The van der Waals surface area contributed by atoms with Crippen LogP contribution >= 0.6 is 35.3 Å². The molecule has 2 atom stereocenters. The molecule has 0 aromatic carbocycles. The number of hydrogen-bond acceptors (Lipinski definition) is 8. The fraction of sp³-hybridized carbons (Fsp3) is 0.872. The van der Waals surface area contributed by atoms with E-state index in [0.29, 0.717) is 28.3 Å². The molecule has 7 nitrogen and oxygen atoms in total. The van der Waals surface area contributed by atoms with Crippen molar-refractivity contribution in [1.82, 2.24) is 15.0 Å². The zero-order valence-electron chi connectivity index (χ0n) is 31.4. The Morgan fingerprint density at radius 2 is 0.735 bits per heavy atom. The van der Waals surface area contributed by atoms with Crippen LogP contribution in [0.2, 0.25) is 0 Å². The quantitative estimate of drug-likeness (QED) is 0.0509. The molecular weight excluding hydrogens is 671 g/mol. The fourth-order valence-corrected chi connectivity index (χ4v) is 8.73. The molecule has 2 unspecified atom stereocenters. The van der Waals surface area contributed by atoms with Crippen LogP contribution in [0.25, 0.3) is 0 Å². The summed E-state index contributed by atoms with van der Waals surface area (Å²) in [7, 11) is 0. The summed E-state index contributed by atoms with van der Waals surface area (Å²) in [5.41, 5.74) is 0. The van der Waals surface area contributed by atoms with Gasteiger partial charge in [-0.05, 0) is 19.3 Å². The molecule has 1 heterocycles. The normalized spacial score (nSPS) is 12.7. The molecule has 0 saturated carbocycles. The van der Waals surface area contributed by atoms with E-state index in [9.17, 15) is 19.8 Å². The first-order chi connectivity index (χ1) is 23.9. The average molecular weight is 742 g/mol. The molecule has 0 aliphatic heterocycles. The molecule has 49 heavy (non-hydrogen) atoms. The number of hydrogen-bond donors (Lipinski definition) is 2. The van der Waals surface area contributed by atoms with E-state index in [0.717, 1.165) is 50.7 Å². The number of carboxylic acid groups (broad SMARTS) is 2. The highest BCUT2D eigenvalue weighted by molar-refractivity contribution is 8.01. The minimum Gasteiger partial charge on any atom is -0.480 e. The van der Waals surface area contributed by atoms with Crippen LogP contribution in [-0.4, -0.2) is 53.4 Å². The lowest BCUT2D eigenvalue weighted by Crippen LogP contribution is -2.18. The first kappa shape index (κ1) is 46.0. The monoisotopic (exact) mass is 741 g/mol. The van der Waals surface area contributed by atoms with E-state index in [4.69, 9.17) is 0 Å². The molecule has 2 N–H and O–H groups in total. The molecule has 0 radical (unpaired) electrons. The topological polar surface area (TPSA) is 113 Å². The zero-order chi connectivity index (χ0) is 35.8. The summed E-state index contributed by atoms with van der Waals surface area (Å²) in [6, 6.07) is 0. The van der Waals surface area contributed by atoms with Gasteiger partial charge in [-0.25, -0.2) is 0 Å². The lowest BCUT2D eigenvalue weighted by molar-refractivity contribution is -0.137. The van der Waals surface area contributed by atoms with Crippen molar-refractivity contribution in [2.45, 2.75) is 227 Å². The van der Waals surface area contributed by atoms with Gasteiger partial charge in [0.25, 0.3) is 0 Å². The molecule has 1 rings (SSSR count). The van der Waals surface area contributed by atoms with Crippen LogP contribution in [0.15, 0.2) is 15.5 Å². The van der Waals surface area contributed by atoms with Crippen LogP contribution in [0.5, 0.6) is 0 Å². The molecule has 1 aromatic rings. The van der Waals surface area contributed by atoms with E-state index < -0.39 is 22.4 Å². The maximum atomic E-state index is 12.2. The SMILES string of the molecule is CCCCCCCCCCCCSc1nc(SC(CCCCCCCCCC)C(=O)O)nc(SC(CCCCCCCCCC)C(=O)O)n1. The summed E-state index contributed by atoms with van der Waals surface area (Å²) in [6.45, 7) is 6.70. The average Bonchev–Trinajstić information content (AvgIpc) is 3.08. The van der Waals surface area contributed by atoms with Gasteiger partial charge in [-0.1, -0.05) is 217 Å². The van der Waals surface area contributed by atoms with Crippen LogP contribution in [0.4, 0.5) is 0 Å². The number of rotatable bonds is 36. The number of aromatic nitrogens is 3. The Balaban J connectivity index is 2.77. The Hall–Kier alpha value is -1.00. The number of unbranched alkanes of at least 4 members (excludes halogenated alkanes) is 23. The van der Waals surface area contributed by atoms with Gasteiger partial charge in [-0.3, -0.25) is 9.59 Å². The minimum absolute atomic E-state index is 0.395. The molecule has 0 aliphatic carbocycles. The molecule has 0 amide bonds. The van der Waals surface area contributed by atoms with Gasteiger partial charge in [-0.2, -0.15) is 15.0 Å². The summed E-state index contributed by atoms with van der Waals surface area (Å²) in [6.07, 6.45) is 32.6. The van der Waals surface area contributed by atoms with Crippen molar-refractivity contribution in [1.29, 1.82) is 0 Å². The molecule has 1 aromatic heterocycles. The van der Waals surface area contributed by atoms with E-state index in [1.54, 1.807) is 11.8 Å². The first-order valence-corrected chi connectivity index (χ1v) is 22.8. The number of nitrogens with zero attached hydrogens (tertiary/aromatic N) is 3. The van der Waals surface area contributed by atoms with Gasteiger partial charge in [0, 0.05) is 5.75 Å². The second kappa shape index (κ2) is 32.9. The largest absolute Gasteiger partial charge is 0.480 e. The van der Waals surface area contributed by atoms with E-state index >= 15 is 0 Å². The van der Waals surface area contributed by atoms with E-state index in [1.807, 2.05) is 0 Å². The highest BCUT2D eigenvalue weighted by Crippen LogP contribution is 2.31. The maximum Gasteiger partial charge on any atom is 0.317 e. The number of carbonyl (C=O) groups is 2. The smallest absolute Gasteiger partial charge is 0.317 e. The lowest BCUT2D eigenvalue weighted by atomic mass is 10.1. The zero-order valence-corrected chi connectivity index (χ0v) is 33.9. The van der Waals surface area contributed by atoms with Gasteiger partial charge < -0.3 is 10.2 Å². The third-order valence-corrected chi connectivity index (χ3v) is 12.2. The first-order valence-electron chi connectivity index (χ1n) is 20.1. The van der Waals surface area contributed by atoms with Crippen LogP contribution in [0.1, 0.15) is 201 Å². The van der Waals surface area contributed by atoms with E-state index in [1.165, 1.54) is 146 Å². The van der Waals surface area contributed by atoms with Crippen molar-refractivity contribution in [3.8, 4) is 0 Å². The Bertz CT molecular complexity index is 898. The van der Waals surface area contributed by atoms with Crippen LogP contribution in [-0.2, 0) is 9.59 Å². The predicted octanol–water partition coefficient (Wildman–Crippen LogP) is 13.0. The van der Waals surface area contributed by atoms with E-state index in [-0.39, 0.29) is 0 Å². The van der Waals surface area contributed by atoms with Gasteiger partial charge in [0.1, 0.15) is 10.5 Å². The molecule has 0 bridgehead atoms. The van der Waals surface area contributed by atoms with Gasteiger partial charge in [0.15, 0.2) is 15.5 Å². The molecule has 0 spiro atoms. The van der Waals surface area contributed by atoms with Crippen molar-refractivity contribution >= 4 is 47.2 Å². The number of carboxylic acids is 2. The Kier molecular flexibility index (Phi) is 30.9. The summed E-state index contributed by atoms with van der Waals surface area (Å²) in [5, 5.41) is 20.2. The molecule has 0 fully saturated rings. The van der Waals surface area contributed by atoms with Crippen LogP contribution in [0.3, 0.4) is 0 Å². The van der Waals surface area contributed by atoms with Crippen LogP contribution < -0.4 is 0 Å². The van der Waals surface area contributed by atoms with Gasteiger partial charge >= 0.3 is 11.9 Å². The highest BCUT2D eigenvalue weighted by Gasteiger charge is 2.24. The summed E-state index contributed by atoms with van der Waals surface area (Å²) >= 11 is 3.96. The fourth-order valence-electron chi connectivity index (χ4n) is 5.89. The Morgan fingerprint density at radius 3 is 1.06 bits per heavy atom. The number of thioether (sulfide) groups is 3. The molecular formula is C39H71N3O4S3. The second-order valence-electron chi connectivity index (χ2n) is 13.6. The predicted molar refractivity (Wildman–Crippen MR) is 211 cm³/mol. The number of aliphatic carboxylic acids is 2.